The van der Waals surface area contributed by atoms with E-state index in [4.69, 9.17) is 14.2 Å². The molecule has 1 atom stereocenters. The highest BCUT2D eigenvalue weighted by molar-refractivity contribution is 4.93. The molecule has 4 rings (SSSR count). The molecule has 4 aliphatic rings. The molecule has 0 aromatic carbocycles. The van der Waals surface area contributed by atoms with Gasteiger partial charge in [0.1, 0.15) is 0 Å². The van der Waals surface area contributed by atoms with Crippen LogP contribution in [-0.2, 0) is 14.2 Å². The maximum Gasteiger partial charge on any atom is 0.170 e. The van der Waals surface area contributed by atoms with Crippen LogP contribution >= 0.6 is 0 Å². The highest BCUT2D eigenvalue weighted by atomic mass is 16.7. The van der Waals surface area contributed by atoms with Gasteiger partial charge in [0.15, 0.2) is 5.79 Å². The Morgan fingerprint density at radius 3 is 2.29 bits per heavy atom. The zero-order valence-corrected chi connectivity index (χ0v) is 13.1. The average molecular weight is 295 g/mol. The minimum Gasteiger partial charge on any atom is -0.370 e. The van der Waals surface area contributed by atoms with Crippen molar-refractivity contribution in [1.82, 2.24) is 4.90 Å². The molecule has 4 nitrogen and oxygen atoms in total. The molecule has 120 valence electrons. The molecule has 0 radical (unpaired) electrons. The standard InChI is InChI=1S/C17H29NO3/c1-2-5-16(6-3-1)7-4-15(21-16)14-18-10-8-17(9-11-18)19-12-13-20-17/h15H,1-14H2. The Morgan fingerprint density at radius 2 is 1.57 bits per heavy atom. The molecule has 2 spiro atoms. The summed E-state index contributed by atoms with van der Waals surface area (Å²) in [4.78, 5) is 2.56. The minimum atomic E-state index is -0.238. The molecule has 0 aromatic heterocycles. The van der Waals surface area contributed by atoms with Gasteiger partial charge in [0.05, 0.1) is 24.9 Å². The SMILES string of the molecule is C1CCC2(CC1)CCC(CN1CCC3(CC1)OCCO3)O2. The van der Waals surface area contributed by atoms with E-state index in [1.54, 1.807) is 0 Å². The molecule has 0 N–H and O–H groups in total. The van der Waals surface area contributed by atoms with E-state index in [9.17, 15) is 0 Å². The highest BCUT2D eigenvalue weighted by Crippen LogP contribution is 2.42. The topological polar surface area (TPSA) is 30.9 Å². The van der Waals surface area contributed by atoms with Crippen molar-refractivity contribution in [1.29, 1.82) is 0 Å². The summed E-state index contributed by atoms with van der Waals surface area (Å²) >= 11 is 0. The van der Waals surface area contributed by atoms with Crippen LogP contribution in [-0.4, -0.2) is 55.2 Å². The van der Waals surface area contributed by atoms with Gasteiger partial charge < -0.3 is 19.1 Å². The van der Waals surface area contributed by atoms with Gasteiger partial charge in [-0.15, -0.1) is 0 Å². The lowest BCUT2D eigenvalue weighted by molar-refractivity contribution is -0.187. The third kappa shape index (κ3) is 3.00. The summed E-state index contributed by atoms with van der Waals surface area (Å²) in [6.07, 6.45) is 11.8. The van der Waals surface area contributed by atoms with E-state index >= 15 is 0 Å². The predicted octanol–water partition coefficient (Wildman–Crippen LogP) is 2.71. The summed E-state index contributed by atoms with van der Waals surface area (Å²) in [5.74, 6) is -0.238. The largest absolute Gasteiger partial charge is 0.370 e. The Kier molecular flexibility index (Phi) is 3.99. The van der Waals surface area contributed by atoms with Crippen LogP contribution in [0, 0.1) is 0 Å². The molecule has 3 aliphatic heterocycles. The van der Waals surface area contributed by atoms with Crippen LogP contribution in [0.5, 0.6) is 0 Å². The van der Waals surface area contributed by atoms with E-state index in [0.29, 0.717) is 6.10 Å². The van der Waals surface area contributed by atoms with Gasteiger partial charge in [-0.1, -0.05) is 19.3 Å². The van der Waals surface area contributed by atoms with Crippen LogP contribution in [0.4, 0.5) is 0 Å². The fraction of sp³-hybridized carbons (Fsp3) is 1.00. The van der Waals surface area contributed by atoms with Crippen molar-refractivity contribution in [2.45, 2.75) is 75.3 Å². The number of ether oxygens (including phenoxy) is 3. The molecule has 3 heterocycles. The molecule has 4 fully saturated rings. The van der Waals surface area contributed by atoms with E-state index in [0.717, 1.165) is 45.7 Å². The minimum absolute atomic E-state index is 0.238. The number of hydrogen-bond acceptors (Lipinski definition) is 4. The van der Waals surface area contributed by atoms with Crippen molar-refractivity contribution in [3.05, 3.63) is 0 Å². The molecule has 21 heavy (non-hydrogen) atoms. The van der Waals surface area contributed by atoms with Crippen LogP contribution in [0.3, 0.4) is 0 Å². The molecule has 0 amide bonds. The predicted molar refractivity (Wildman–Crippen MR) is 80.2 cm³/mol. The van der Waals surface area contributed by atoms with E-state index in [1.807, 2.05) is 0 Å². The lowest BCUT2D eigenvalue weighted by Gasteiger charge is -2.39. The number of rotatable bonds is 2. The van der Waals surface area contributed by atoms with Crippen molar-refractivity contribution >= 4 is 0 Å². The zero-order chi connectivity index (χ0) is 14.2. The molecule has 1 aliphatic carbocycles. The molecule has 1 unspecified atom stereocenters. The normalized spacial score (nSPS) is 35.7. The van der Waals surface area contributed by atoms with Gasteiger partial charge in [0.25, 0.3) is 0 Å². The fourth-order valence-electron chi connectivity index (χ4n) is 4.74. The van der Waals surface area contributed by atoms with Crippen LogP contribution in [0.1, 0.15) is 57.8 Å². The Morgan fingerprint density at radius 1 is 0.857 bits per heavy atom. The summed E-state index contributed by atoms with van der Waals surface area (Å²) in [6.45, 7) is 4.83. The summed E-state index contributed by atoms with van der Waals surface area (Å²) < 4.78 is 18.1. The Balaban J connectivity index is 1.26. The van der Waals surface area contributed by atoms with Crippen LogP contribution < -0.4 is 0 Å². The van der Waals surface area contributed by atoms with Crippen molar-refractivity contribution in [2.24, 2.45) is 0 Å². The monoisotopic (exact) mass is 295 g/mol. The summed E-state index contributed by atoms with van der Waals surface area (Å²) in [7, 11) is 0. The summed E-state index contributed by atoms with van der Waals surface area (Å²) in [5.41, 5.74) is 0.262. The molecule has 4 heteroatoms. The van der Waals surface area contributed by atoms with E-state index in [-0.39, 0.29) is 11.4 Å². The lowest BCUT2D eigenvalue weighted by atomic mass is 9.83. The summed E-state index contributed by atoms with van der Waals surface area (Å²) in [6, 6.07) is 0. The van der Waals surface area contributed by atoms with E-state index in [1.165, 1.54) is 44.9 Å². The molecular formula is C17H29NO3. The van der Waals surface area contributed by atoms with Crippen molar-refractivity contribution < 1.29 is 14.2 Å². The molecule has 0 aromatic rings. The van der Waals surface area contributed by atoms with Gasteiger partial charge in [-0.2, -0.15) is 0 Å². The first-order chi connectivity index (χ1) is 10.3. The molecule has 0 bridgehead atoms. The quantitative estimate of drug-likeness (QED) is 0.784. The smallest absolute Gasteiger partial charge is 0.170 e. The van der Waals surface area contributed by atoms with Crippen molar-refractivity contribution in [3.63, 3.8) is 0 Å². The van der Waals surface area contributed by atoms with Gasteiger partial charge >= 0.3 is 0 Å². The van der Waals surface area contributed by atoms with Crippen LogP contribution in [0.15, 0.2) is 0 Å². The van der Waals surface area contributed by atoms with E-state index < -0.39 is 0 Å². The third-order valence-corrected chi connectivity index (χ3v) is 6.00. The third-order valence-electron chi connectivity index (χ3n) is 6.00. The average Bonchev–Trinajstić information content (AvgIpc) is 3.11. The first-order valence-corrected chi connectivity index (χ1v) is 8.96. The molecule has 3 saturated heterocycles. The molecular weight excluding hydrogens is 266 g/mol. The van der Waals surface area contributed by atoms with E-state index in [2.05, 4.69) is 4.90 Å². The van der Waals surface area contributed by atoms with Gasteiger partial charge in [0.2, 0.25) is 0 Å². The second-order valence-electron chi connectivity index (χ2n) is 7.43. The van der Waals surface area contributed by atoms with Crippen molar-refractivity contribution in [3.8, 4) is 0 Å². The Bertz CT molecular complexity index is 351. The zero-order valence-electron chi connectivity index (χ0n) is 13.1. The highest BCUT2D eigenvalue weighted by Gasteiger charge is 2.43. The first-order valence-electron chi connectivity index (χ1n) is 8.96. The second-order valence-corrected chi connectivity index (χ2v) is 7.43. The first kappa shape index (κ1) is 14.4. The Hall–Kier alpha value is -0.160. The number of likely N-dealkylation sites (tertiary alicyclic amines) is 1. The van der Waals surface area contributed by atoms with Crippen LogP contribution in [0.2, 0.25) is 0 Å². The number of nitrogens with zero attached hydrogens (tertiary/aromatic N) is 1. The van der Waals surface area contributed by atoms with Gasteiger partial charge in [0, 0.05) is 32.5 Å². The maximum atomic E-state index is 6.51. The lowest BCUT2D eigenvalue weighted by Crippen LogP contribution is -2.47. The summed E-state index contributed by atoms with van der Waals surface area (Å²) in [5, 5.41) is 0. The van der Waals surface area contributed by atoms with Crippen LogP contribution in [0.25, 0.3) is 0 Å². The molecule has 1 saturated carbocycles. The van der Waals surface area contributed by atoms with Crippen molar-refractivity contribution in [2.75, 3.05) is 32.8 Å². The van der Waals surface area contributed by atoms with Gasteiger partial charge in [-0.05, 0) is 25.7 Å². The van der Waals surface area contributed by atoms with Gasteiger partial charge in [-0.25, -0.2) is 0 Å². The number of piperidine rings is 1. The fourth-order valence-corrected chi connectivity index (χ4v) is 4.74. The second kappa shape index (κ2) is 5.80. The Labute approximate surface area is 128 Å². The number of hydrogen-bond donors (Lipinski definition) is 0. The van der Waals surface area contributed by atoms with Gasteiger partial charge in [-0.3, -0.25) is 0 Å². The maximum absolute atomic E-state index is 6.51.